The number of ether oxygens (including phenoxy) is 4. The third kappa shape index (κ3) is 3.63. The van der Waals surface area contributed by atoms with E-state index >= 15 is 0 Å². The van der Waals surface area contributed by atoms with E-state index in [4.69, 9.17) is 14.2 Å². The highest BCUT2D eigenvalue weighted by atomic mass is 16.7. The van der Waals surface area contributed by atoms with Crippen LogP contribution in [0.4, 0.5) is 0 Å². The smallest absolute Gasteiger partial charge is 0.331 e. The second kappa shape index (κ2) is 7.01. The third-order valence-electron chi connectivity index (χ3n) is 3.02. The largest absolute Gasteiger partial charge is 0.467 e. The van der Waals surface area contributed by atoms with Crippen LogP contribution in [0.25, 0.3) is 0 Å². The van der Waals surface area contributed by atoms with Gasteiger partial charge >= 0.3 is 5.97 Å². The molecule has 0 spiro atoms. The number of aliphatic hydroxyl groups excluding tert-OH is 2. The first-order valence-corrected chi connectivity index (χ1v) is 5.70. The lowest BCUT2D eigenvalue weighted by molar-refractivity contribution is -0.282. The van der Waals surface area contributed by atoms with Crippen LogP contribution in [0, 0.1) is 5.92 Å². The van der Waals surface area contributed by atoms with E-state index in [1.54, 1.807) is 6.92 Å². The molecule has 0 radical (unpaired) electrons. The van der Waals surface area contributed by atoms with Crippen LogP contribution in [0.1, 0.15) is 6.92 Å². The molecule has 2 N–H and O–H groups in total. The first-order chi connectivity index (χ1) is 8.51. The van der Waals surface area contributed by atoms with Gasteiger partial charge in [-0.3, -0.25) is 0 Å². The Balaban J connectivity index is 2.46. The molecule has 106 valence electrons. The fraction of sp³-hybridized carbons (Fsp3) is 0.909. The highest BCUT2D eigenvalue weighted by molar-refractivity contribution is 5.70. The molecule has 0 aromatic heterocycles. The summed E-state index contributed by atoms with van der Waals surface area (Å²) in [6.07, 6.45) is -3.42. The minimum absolute atomic E-state index is 0.111. The highest BCUT2D eigenvalue weighted by Gasteiger charge is 2.42. The standard InChI is InChI=1S/C11H20O7/c1-6-7(4-17-5-8(12)15-2)18-11(16-3)10(14)9(6)13/h6-7,9-11,13-14H,4-5H2,1-3H3. The van der Waals surface area contributed by atoms with Gasteiger partial charge in [0.1, 0.15) is 12.7 Å². The quantitative estimate of drug-likeness (QED) is 0.609. The van der Waals surface area contributed by atoms with E-state index in [-0.39, 0.29) is 19.1 Å². The summed E-state index contributed by atoms with van der Waals surface area (Å²) >= 11 is 0. The minimum Gasteiger partial charge on any atom is -0.467 e. The Morgan fingerprint density at radius 2 is 1.94 bits per heavy atom. The molecule has 1 rings (SSSR count). The van der Waals surface area contributed by atoms with Crippen molar-refractivity contribution in [2.75, 3.05) is 27.4 Å². The molecule has 5 unspecified atom stereocenters. The normalized spacial score (nSPS) is 36.4. The Labute approximate surface area is 106 Å². The molecule has 0 aliphatic carbocycles. The van der Waals surface area contributed by atoms with E-state index in [9.17, 15) is 15.0 Å². The van der Waals surface area contributed by atoms with Crippen molar-refractivity contribution in [3.8, 4) is 0 Å². The van der Waals surface area contributed by atoms with Crippen LogP contribution in [-0.2, 0) is 23.7 Å². The summed E-state index contributed by atoms with van der Waals surface area (Å²) in [6.45, 7) is 1.66. The number of methoxy groups -OCH3 is 2. The summed E-state index contributed by atoms with van der Waals surface area (Å²) in [7, 11) is 2.65. The van der Waals surface area contributed by atoms with Crippen molar-refractivity contribution in [3.63, 3.8) is 0 Å². The molecule has 7 nitrogen and oxygen atoms in total. The number of carbonyl (C=O) groups is 1. The van der Waals surface area contributed by atoms with Gasteiger partial charge in [-0.2, -0.15) is 0 Å². The minimum atomic E-state index is -1.10. The van der Waals surface area contributed by atoms with E-state index in [0.717, 1.165) is 0 Å². The van der Waals surface area contributed by atoms with Crippen LogP contribution in [0.2, 0.25) is 0 Å². The predicted octanol–water partition coefficient (Wildman–Crippen LogP) is -1.09. The van der Waals surface area contributed by atoms with Crippen LogP contribution in [0.5, 0.6) is 0 Å². The second-order valence-electron chi connectivity index (χ2n) is 4.21. The van der Waals surface area contributed by atoms with Crippen molar-refractivity contribution in [1.29, 1.82) is 0 Å². The molecule has 5 atom stereocenters. The maximum absolute atomic E-state index is 10.9. The number of aliphatic hydroxyl groups is 2. The number of esters is 1. The lowest BCUT2D eigenvalue weighted by Crippen LogP contribution is -2.55. The molecule has 7 heteroatoms. The van der Waals surface area contributed by atoms with E-state index in [2.05, 4.69) is 4.74 Å². The van der Waals surface area contributed by atoms with Gasteiger partial charge in [0.25, 0.3) is 0 Å². The molecule has 1 fully saturated rings. The summed E-state index contributed by atoms with van der Waals surface area (Å²) in [6, 6.07) is 0. The number of hydrogen-bond donors (Lipinski definition) is 2. The molecule has 1 heterocycles. The first kappa shape index (κ1) is 15.3. The monoisotopic (exact) mass is 264 g/mol. The fourth-order valence-corrected chi connectivity index (χ4v) is 1.77. The molecular formula is C11H20O7. The number of hydrogen-bond acceptors (Lipinski definition) is 7. The molecule has 1 saturated heterocycles. The Kier molecular flexibility index (Phi) is 5.97. The van der Waals surface area contributed by atoms with Crippen LogP contribution in [0.15, 0.2) is 0 Å². The van der Waals surface area contributed by atoms with Crippen molar-refractivity contribution in [2.24, 2.45) is 5.92 Å². The molecule has 0 aromatic rings. The average molecular weight is 264 g/mol. The fourth-order valence-electron chi connectivity index (χ4n) is 1.77. The van der Waals surface area contributed by atoms with Gasteiger partial charge in [-0.1, -0.05) is 6.92 Å². The zero-order valence-electron chi connectivity index (χ0n) is 10.7. The zero-order valence-corrected chi connectivity index (χ0v) is 10.7. The maximum atomic E-state index is 10.9. The summed E-state index contributed by atoms with van der Waals surface area (Å²) in [5, 5.41) is 19.5. The molecule has 18 heavy (non-hydrogen) atoms. The van der Waals surface area contributed by atoms with Crippen molar-refractivity contribution >= 4 is 5.97 Å². The van der Waals surface area contributed by atoms with Gasteiger partial charge in [-0.25, -0.2) is 4.79 Å². The summed E-state index contributed by atoms with van der Waals surface area (Å²) in [4.78, 5) is 10.9. The second-order valence-corrected chi connectivity index (χ2v) is 4.21. The van der Waals surface area contributed by atoms with E-state index < -0.39 is 30.6 Å². The van der Waals surface area contributed by atoms with Gasteiger partial charge < -0.3 is 29.2 Å². The maximum Gasteiger partial charge on any atom is 0.331 e. The molecule has 1 aliphatic rings. The Morgan fingerprint density at radius 1 is 1.28 bits per heavy atom. The number of rotatable bonds is 5. The van der Waals surface area contributed by atoms with Crippen LogP contribution >= 0.6 is 0 Å². The Hall–Kier alpha value is -0.730. The van der Waals surface area contributed by atoms with Crippen LogP contribution in [0.3, 0.4) is 0 Å². The van der Waals surface area contributed by atoms with Gasteiger partial charge in [-0.05, 0) is 0 Å². The third-order valence-corrected chi connectivity index (χ3v) is 3.02. The molecule has 0 amide bonds. The topological polar surface area (TPSA) is 94.5 Å². The first-order valence-electron chi connectivity index (χ1n) is 5.70. The Bertz CT molecular complexity index is 268. The van der Waals surface area contributed by atoms with Crippen molar-refractivity contribution in [3.05, 3.63) is 0 Å². The molecular weight excluding hydrogens is 244 g/mol. The summed E-state index contributed by atoms with van der Waals surface area (Å²) < 4.78 is 19.9. The van der Waals surface area contributed by atoms with Crippen molar-refractivity contribution < 1.29 is 34.0 Å². The van der Waals surface area contributed by atoms with E-state index in [0.29, 0.717) is 0 Å². The van der Waals surface area contributed by atoms with Gasteiger partial charge in [-0.15, -0.1) is 0 Å². The Morgan fingerprint density at radius 3 is 2.50 bits per heavy atom. The molecule has 0 bridgehead atoms. The predicted molar refractivity (Wildman–Crippen MR) is 59.7 cm³/mol. The molecule has 0 aromatic carbocycles. The lowest BCUT2D eigenvalue weighted by atomic mass is 9.91. The van der Waals surface area contributed by atoms with Crippen LogP contribution < -0.4 is 0 Å². The van der Waals surface area contributed by atoms with Crippen LogP contribution in [-0.4, -0.2) is 68.2 Å². The highest BCUT2D eigenvalue weighted by Crippen LogP contribution is 2.26. The number of carbonyl (C=O) groups excluding carboxylic acids is 1. The summed E-state index contributed by atoms with van der Waals surface area (Å²) in [5.74, 6) is -0.814. The van der Waals surface area contributed by atoms with E-state index in [1.165, 1.54) is 14.2 Å². The zero-order chi connectivity index (χ0) is 13.7. The van der Waals surface area contributed by atoms with Gasteiger partial charge in [0.05, 0.1) is 25.9 Å². The summed E-state index contributed by atoms with van der Waals surface area (Å²) in [5.41, 5.74) is 0. The van der Waals surface area contributed by atoms with Gasteiger partial charge in [0, 0.05) is 13.0 Å². The van der Waals surface area contributed by atoms with E-state index in [1.807, 2.05) is 0 Å². The average Bonchev–Trinajstić information content (AvgIpc) is 2.38. The van der Waals surface area contributed by atoms with Gasteiger partial charge in [0.2, 0.25) is 0 Å². The SMILES string of the molecule is COC(=O)COCC1OC(OC)C(O)C(O)C1C. The van der Waals surface area contributed by atoms with Crippen molar-refractivity contribution in [2.45, 2.75) is 31.5 Å². The lowest BCUT2D eigenvalue weighted by Gasteiger charge is -2.40. The van der Waals surface area contributed by atoms with Gasteiger partial charge in [0.15, 0.2) is 6.29 Å². The molecule has 0 saturated carbocycles. The van der Waals surface area contributed by atoms with Crippen molar-refractivity contribution in [1.82, 2.24) is 0 Å². The molecule has 1 aliphatic heterocycles.